The molecule has 1 aliphatic rings. The van der Waals surface area contributed by atoms with Gasteiger partial charge in [-0.25, -0.2) is 5.84 Å². The minimum absolute atomic E-state index is 0.0204. The number of nitrogens with zero attached hydrogens (tertiary/aromatic N) is 2. The molecule has 1 atom stereocenters. The Hall–Kier alpha value is -3.03. The van der Waals surface area contributed by atoms with Crippen LogP contribution in [-0.4, -0.2) is 22.3 Å². The lowest BCUT2D eigenvalue weighted by molar-refractivity contribution is 0.202. The number of H-pyrrole nitrogens is 1. The van der Waals surface area contributed by atoms with Crippen molar-refractivity contribution in [3.8, 4) is 0 Å². The highest BCUT2D eigenvalue weighted by molar-refractivity contribution is 6.42. The van der Waals surface area contributed by atoms with Gasteiger partial charge in [0, 0.05) is 35.2 Å². The highest BCUT2D eigenvalue weighted by Gasteiger charge is 2.32. The smallest absolute Gasteiger partial charge is 0.166 e. The number of nitrogens with one attached hydrogen (secondary N) is 2. The zero-order valence-electron chi connectivity index (χ0n) is 23.9. The summed E-state index contributed by atoms with van der Waals surface area (Å²) in [4.78, 5) is 6.11. The molecule has 0 aliphatic carbocycles. The SMILES string of the molecule is CC.CC.CC.N/N=C(\NN)c1cccc(C2c3[nH]c4ccccc4c3CCN2Cc2cccc(Cl)c2Cl)c1. The molecular formula is C31H42Cl2N6. The molecule has 3 aromatic carbocycles. The number of hydrogen-bond acceptors (Lipinski definition) is 4. The molecule has 1 aliphatic heterocycles. The average Bonchev–Trinajstić information content (AvgIpc) is 3.38. The molecular weight excluding hydrogens is 527 g/mol. The van der Waals surface area contributed by atoms with Crippen molar-refractivity contribution in [3.05, 3.63) is 105 Å². The topological polar surface area (TPSA) is 95.5 Å². The van der Waals surface area contributed by atoms with E-state index in [-0.39, 0.29) is 6.04 Å². The van der Waals surface area contributed by atoms with Crippen LogP contribution in [0.4, 0.5) is 0 Å². The summed E-state index contributed by atoms with van der Waals surface area (Å²) in [5.41, 5.74) is 9.17. The summed E-state index contributed by atoms with van der Waals surface area (Å²) in [5, 5.41) is 6.20. The van der Waals surface area contributed by atoms with Crippen LogP contribution in [0.1, 0.15) is 75.5 Å². The lowest BCUT2D eigenvalue weighted by Crippen LogP contribution is -2.36. The fourth-order valence-corrected chi connectivity index (χ4v) is 5.16. The van der Waals surface area contributed by atoms with Crippen LogP contribution in [0, 0.1) is 0 Å². The molecule has 0 saturated carbocycles. The largest absolute Gasteiger partial charge is 0.357 e. The van der Waals surface area contributed by atoms with Gasteiger partial charge in [-0.1, -0.05) is 113 Å². The molecule has 0 fully saturated rings. The number of aromatic nitrogens is 1. The fourth-order valence-electron chi connectivity index (χ4n) is 4.78. The van der Waals surface area contributed by atoms with Crippen LogP contribution in [0.3, 0.4) is 0 Å². The van der Waals surface area contributed by atoms with E-state index in [9.17, 15) is 0 Å². The van der Waals surface area contributed by atoms with E-state index in [4.69, 9.17) is 34.9 Å². The Kier molecular flexibility index (Phi) is 13.3. The summed E-state index contributed by atoms with van der Waals surface area (Å²) >= 11 is 12.9. The second-order valence-electron chi connectivity index (χ2n) is 8.15. The summed E-state index contributed by atoms with van der Waals surface area (Å²) in [6.07, 6.45) is 0.938. The lowest BCUT2D eigenvalue weighted by Gasteiger charge is -2.36. The maximum Gasteiger partial charge on any atom is 0.166 e. The van der Waals surface area contributed by atoms with Crippen LogP contribution in [0.5, 0.6) is 0 Å². The number of para-hydroxylation sites is 1. The fraction of sp³-hybridized carbons (Fsp3) is 0.323. The van der Waals surface area contributed by atoms with Crippen molar-refractivity contribution in [2.75, 3.05) is 6.54 Å². The third-order valence-electron chi connectivity index (χ3n) is 6.28. The molecule has 1 aromatic heterocycles. The molecule has 0 amide bonds. The van der Waals surface area contributed by atoms with Crippen molar-refractivity contribution in [2.45, 2.75) is 60.5 Å². The third-order valence-corrected chi connectivity index (χ3v) is 7.14. The molecule has 4 aromatic rings. The molecule has 210 valence electrons. The minimum atomic E-state index is -0.0204. The number of fused-ring (bicyclic) bond motifs is 3. The van der Waals surface area contributed by atoms with E-state index in [1.807, 2.05) is 71.9 Å². The molecule has 39 heavy (non-hydrogen) atoms. The van der Waals surface area contributed by atoms with Crippen LogP contribution >= 0.6 is 23.2 Å². The van der Waals surface area contributed by atoms with Crippen LogP contribution in [-0.2, 0) is 13.0 Å². The van der Waals surface area contributed by atoms with Crippen LogP contribution in [0.2, 0.25) is 10.0 Å². The molecule has 6 N–H and O–H groups in total. The first kappa shape index (κ1) is 32.2. The number of rotatable bonds is 4. The highest BCUT2D eigenvalue weighted by Crippen LogP contribution is 2.40. The molecule has 2 heterocycles. The summed E-state index contributed by atoms with van der Waals surface area (Å²) in [5.74, 6) is 11.6. The molecule has 0 radical (unpaired) electrons. The van der Waals surface area contributed by atoms with E-state index in [0.29, 0.717) is 22.4 Å². The summed E-state index contributed by atoms with van der Waals surface area (Å²) < 4.78 is 0. The summed E-state index contributed by atoms with van der Waals surface area (Å²) in [6.45, 7) is 13.5. The standard InChI is InChI=1S/C25H24Cl2N6.3C2H6/c26-20-9-4-7-17(22(20)27)14-33-12-11-19-18-8-1-2-10-21(18)30-23(19)24(33)15-5-3-6-16(13-15)25(31-28)32-29;3*1-2/h1-10,13,24,30H,11-12,14,28-29H2,(H,31,32);3*1-2H3. The molecule has 8 heteroatoms. The first-order valence-electron chi connectivity index (χ1n) is 13.7. The number of hydrogen-bond donors (Lipinski definition) is 4. The van der Waals surface area contributed by atoms with Gasteiger partial charge in [0.1, 0.15) is 0 Å². The van der Waals surface area contributed by atoms with E-state index in [1.54, 1.807) is 0 Å². The number of aromatic amines is 1. The molecule has 1 unspecified atom stereocenters. The summed E-state index contributed by atoms with van der Waals surface area (Å²) in [6, 6.07) is 22.3. The monoisotopic (exact) mass is 568 g/mol. The Balaban J connectivity index is 0.000000833. The van der Waals surface area contributed by atoms with Crippen molar-refractivity contribution < 1.29 is 0 Å². The van der Waals surface area contributed by atoms with Gasteiger partial charge in [0.05, 0.1) is 16.1 Å². The van der Waals surface area contributed by atoms with Gasteiger partial charge in [-0.2, -0.15) is 5.10 Å². The number of amidine groups is 1. The van der Waals surface area contributed by atoms with Crippen LogP contribution < -0.4 is 17.1 Å². The number of nitrogens with two attached hydrogens (primary N) is 2. The Labute approximate surface area is 243 Å². The van der Waals surface area contributed by atoms with Gasteiger partial charge in [-0.05, 0) is 41.3 Å². The van der Waals surface area contributed by atoms with Crippen molar-refractivity contribution in [3.63, 3.8) is 0 Å². The van der Waals surface area contributed by atoms with Gasteiger partial charge in [0.15, 0.2) is 5.84 Å². The maximum atomic E-state index is 6.56. The Bertz CT molecular complexity index is 1350. The van der Waals surface area contributed by atoms with Crippen LogP contribution in [0.25, 0.3) is 10.9 Å². The van der Waals surface area contributed by atoms with E-state index in [1.165, 1.54) is 16.6 Å². The summed E-state index contributed by atoms with van der Waals surface area (Å²) in [7, 11) is 0. The first-order chi connectivity index (χ1) is 19.1. The first-order valence-corrected chi connectivity index (χ1v) is 14.5. The number of hydrazone groups is 1. The van der Waals surface area contributed by atoms with Crippen molar-refractivity contribution in [1.29, 1.82) is 0 Å². The van der Waals surface area contributed by atoms with E-state index >= 15 is 0 Å². The Morgan fingerprint density at radius 3 is 2.36 bits per heavy atom. The average molecular weight is 570 g/mol. The van der Waals surface area contributed by atoms with Gasteiger partial charge in [0.25, 0.3) is 0 Å². The van der Waals surface area contributed by atoms with Gasteiger partial charge >= 0.3 is 0 Å². The van der Waals surface area contributed by atoms with Crippen LogP contribution in [0.15, 0.2) is 71.8 Å². The number of hydrazine groups is 1. The lowest BCUT2D eigenvalue weighted by atomic mass is 9.91. The zero-order valence-corrected chi connectivity index (χ0v) is 25.4. The molecule has 6 nitrogen and oxygen atoms in total. The van der Waals surface area contributed by atoms with Gasteiger partial charge in [-0.3, -0.25) is 4.90 Å². The van der Waals surface area contributed by atoms with E-state index < -0.39 is 0 Å². The highest BCUT2D eigenvalue weighted by atomic mass is 35.5. The van der Waals surface area contributed by atoms with Gasteiger partial charge in [-0.15, -0.1) is 0 Å². The Morgan fingerprint density at radius 2 is 1.67 bits per heavy atom. The maximum absolute atomic E-state index is 6.56. The third kappa shape index (κ3) is 7.14. The second kappa shape index (κ2) is 16.2. The Morgan fingerprint density at radius 1 is 0.974 bits per heavy atom. The minimum Gasteiger partial charge on any atom is -0.357 e. The van der Waals surface area contributed by atoms with Gasteiger partial charge in [0.2, 0.25) is 0 Å². The molecule has 5 rings (SSSR count). The molecule has 0 bridgehead atoms. The predicted octanol–water partition coefficient (Wildman–Crippen LogP) is 7.78. The second-order valence-corrected chi connectivity index (χ2v) is 8.93. The zero-order chi connectivity index (χ0) is 28.9. The number of benzene rings is 3. The quantitative estimate of drug-likeness (QED) is 0.0873. The van der Waals surface area contributed by atoms with Crippen molar-refractivity contribution in [2.24, 2.45) is 16.8 Å². The van der Waals surface area contributed by atoms with E-state index in [2.05, 4.69) is 56.8 Å². The molecule has 0 saturated heterocycles. The van der Waals surface area contributed by atoms with E-state index in [0.717, 1.165) is 35.2 Å². The normalized spacial score (nSPS) is 14.6. The van der Waals surface area contributed by atoms with Crippen molar-refractivity contribution in [1.82, 2.24) is 15.3 Å². The van der Waals surface area contributed by atoms with Crippen molar-refractivity contribution >= 4 is 39.9 Å². The molecule has 0 spiro atoms. The van der Waals surface area contributed by atoms with Gasteiger partial charge < -0.3 is 16.3 Å². The predicted molar refractivity (Wildman–Crippen MR) is 169 cm³/mol. The number of halogens is 2.